The molecule has 5 heteroatoms. The van der Waals surface area contributed by atoms with E-state index in [-0.39, 0.29) is 12.4 Å². The van der Waals surface area contributed by atoms with E-state index in [1.807, 2.05) is 19.1 Å². The first kappa shape index (κ1) is 16.9. The summed E-state index contributed by atoms with van der Waals surface area (Å²) < 4.78 is 5.21. The fraction of sp³-hybridized carbons (Fsp3) is 0.462. The van der Waals surface area contributed by atoms with E-state index in [1.54, 1.807) is 12.1 Å². The van der Waals surface area contributed by atoms with E-state index < -0.39 is 5.97 Å². The Hall–Kier alpha value is -1.10. The first-order valence-corrected chi connectivity index (χ1v) is 5.85. The molecule has 1 rings (SSSR count). The Morgan fingerprint density at radius 1 is 1.39 bits per heavy atom. The fourth-order valence-corrected chi connectivity index (χ4v) is 1.55. The third-order valence-corrected chi connectivity index (χ3v) is 2.41. The quantitative estimate of drug-likeness (QED) is 0.714. The molecule has 0 amide bonds. The van der Waals surface area contributed by atoms with Gasteiger partial charge >= 0.3 is 5.97 Å². The van der Waals surface area contributed by atoms with Crippen LogP contribution in [0.5, 0.6) is 0 Å². The van der Waals surface area contributed by atoms with Crippen LogP contribution in [0.15, 0.2) is 24.3 Å². The van der Waals surface area contributed by atoms with Crippen LogP contribution in [-0.2, 0) is 11.3 Å². The van der Waals surface area contributed by atoms with Gasteiger partial charge in [-0.2, -0.15) is 0 Å². The van der Waals surface area contributed by atoms with Gasteiger partial charge in [-0.25, -0.2) is 4.79 Å². The van der Waals surface area contributed by atoms with Crippen LogP contribution >= 0.6 is 12.4 Å². The molecule has 0 aromatic heterocycles. The molecule has 0 bridgehead atoms. The summed E-state index contributed by atoms with van der Waals surface area (Å²) in [7, 11) is 0. The molecule has 102 valence electrons. The van der Waals surface area contributed by atoms with Gasteiger partial charge in [0.15, 0.2) is 0 Å². The minimum Gasteiger partial charge on any atom is -0.478 e. The zero-order valence-corrected chi connectivity index (χ0v) is 11.3. The summed E-state index contributed by atoms with van der Waals surface area (Å²) in [5.74, 6) is -0.878. The number of ether oxygens (including phenoxy) is 1. The average molecular weight is 274 g/mol. The second-order valence-electron chi connectivity index (χ2n) is 3.69. The highest BCUT2D eigenvalue weighted by molar-refractivity contribution is 5.89. The van der Waals surface area contributed by atoms with Crippen LogP contribution in [0.3, 0.4) is 0 Å². The fourth-order valence-electron chi connectivity index (χ4n) is 1.55. The Bertz CT molecular complexity index is 358. The van der Waals surface area contributed by atoms with E-state index in [0.717, 1.165) is 31.7 Å². The minimum atomic E-state index is -0.878. The molecule has 0 saturated heterocycles. The lowest BCUT2D eigenvalue weighted by atomic mass is 10.1. The zero-order chi connectivity index (χ0) is 12.5. The van der Waals surface area contributed by atoms with Crippen molar-refractivity contribution in [3.05, 3.63) is 35.4 Å². The highest BCUT2D eigenvalue weighted by Gasteiger charge is 2.07. The molecule has 1 aromatic rings. The number of hydrogen-bond acceptors (Lipinski definition) is 3. The lowest BCUT2D eigenvalue weighted by molar-refractivity contribution is 0.0695. The first-order chi connectivity index (χ1) is 8.25. The van der Waals surface area contributed by atoms with Gasteiger partial charge in [0.25, 0.3) is 0 Å². The molecule has 0 unspecified atom stereocenters. The molecule has 4 nitrogen and oxygen atoms in total. The monoisotopic (exact) mass is 273 g/mol. The maximum absolute atomic E-state index is 10.9. The molecule has 0 radical (unpaired) electrons. The van der Waals surface area contributed by atoms with Gasteiger partial charge in [-0.15, -0.1) is 12.4 Å². The van der Waals surface area contributed by atoms with Crippen LogP contribution in [0.2, 0.25) is 0 Å². The van der Waals surface area contributed by atoms with Gasteiger partial charge in [0.1, 0.15) is 0 Å². The normalized spacial score (nSPS) is 9.83. The van der Waals surface area contributed by atoms with E-state index in [0.29, 0.717) is 12.1 Å². The molecule has 2 N–H and O–H groups in total. The Labute approximate surface area is 114 Å². The summed E-state index contributed by atoms with van der Waals surface area (Å²) in [5, 5.41) is 12.2. The molecule has 0 atom stereocenters. The van der Waals surface area contributed by atoms with Crippen LogP contribution in [-0.4, -0.2) is 30.8 Å². The van der Waals surface area contributed by atoms with Crippen LogP contribution in [0.1, 0.15) is 29.3 Å². The van der Waals surface area contributed by atoms with E-state index in [4.69, 9.17) is 9.84 Å². The highest BCUT2D eigenvalue weighted by Crippen LogP contribution is 2.08. The number of nitrogens with one attached hydrogen (secondary N) is 1. The predicted octanol–water partition coefficient (Wildman–Crippen LogP) is 2.32. The van der Waals surface area contributed by atoms with Crippen LogP contribution in [0, 0.1) is 0 Å². The van der Waals surface area contributed by atoms with Gasteiger partial charge in [-0.3, -0.25) is 0 Å². The van der Waals surface area contributed by atoms with Crippen LogP contribution < -0.4 is 5.32 Å². The summed E-state index contributed by atoms with van der Waals surface area (Å²) in [6.45, 7) is 4.85. The number of benzene rings is 1. The molecular weight excluding hydrogens is 254 g/mol. The summed E-state index contributed by atoms with van der Waals surface area (Å²) in [5.41, 5.74) is 1.18. The number of carbonyl (C=O) groups is 1. The van der Waals surface area contributed by atoms with E-state index >= 15 is 0 Å². The molecule has 0 saturated carbocycles. The second kappa shape index (κ2) is 9.88. The Morgan fingerprint density at radius 3 is 2.78 bits per heavy atom. The third kappa shape index (κ3) is 6.00. The number of hydrogen-bond donors (Lipinski definition) is 2. The van der Waals surface area contributed by atoms with Gasteiger partial charge in [0.2, 0.25) is 0 Å². The SMILES string of the molecule is CCOCCCNCc1ccccc1C(=O)O.Cl. The van der Waals surface area contributed by atoms with Crippen molar-refractivity contribution in [3.8, 4) is 0 Å². The average Bonchev–Trinajstić information content (AvgIpc) is 2.34. The lowest BCUT2D eigenvalue weighted by Crippen LogP contribution is -2.18. The Morgan fingerprint density at radius 2 is 2.11 bits per heavy atom. The van der Waals surface area contributed by atoms with Crippen molar-refractivity contribution in [1.82, 2.24) is 5.32 Å². The Kier molecular flexibility index (Phi) is 9.28. The number of rotatable bonds is 8. The number of halogens is 1. The van der Waals surface area contributed by atoms with Crippen LogP contribution in [0.25, 0.3) is 0 Å². The zero-order valence-electron chi connectivity index (χ0n) is 10.5. The first-order valence-electron chi connectivity index (χ1n) is 5.85. The third-order valence-electron chi connectivity index (χ3n) is 2.41. The molecular formula is C13H20ClNO3. The van der Waals surface area contributed by atoms with Crippen molar-refractivity contribution in [2.24, 2.45) is 0 Å². The maximum Gasteiger partial charge on any atom is 0.336 e. The van der Waals surface area contributed by atoms with Gasteiger partial charge in [0.05, 0.1) is 5.56 Å². The molecule has 0 heterocycles. The molecule has 0 spiro atoms. The number of carboxylic acids is 1. The van der Waals surface area contributed by atoms with Gasteiger partial charge in [-0.1, -0.05) is 18.2 Å². The summed E-state index contributed by atoms with van der Waals surface area (Å²) in [6.07, 6.45) is 0.934. The molecule has 18 heavy (non-hydrogen) atoms. The molecule has 1 aromatic carbocycles. The summed E-state index contributed by atoms with van der Waals surface area (Å²) in [6, 6.07) is 7.05. The van der Waals surface area contributed by atoms with Gasteiger partial charge in [0, 0.05) is 19.8 Å². The molecule has 0 aliphatic rings. The molecule has 0 aliphatic carbocycles. The van der Waals surface area contributed by atoms with Crippen molar-refractivity contribution < 1.29 is 14.6 Å². The van der Waals surface area contributed by atoms with Gasteiger partial charge < -0.3 is 15.2 Å². The predicted molar refractivity (Wildman–Crippen MR) is 73.5 cm³/mol. The minimum absolute atomic E-state index is 0. The van der Waals surface area contributed by atoms with Gasteiger partial charge in [-0.05, 0) is 31.5 Å². The standard InChI is InChI=1S/C13H19NO3.ClH/c1-2-17-9-5-8-14-10-11-6-3-4-7-12(11)13(15)16;/h3-4,6-7,14H,2,5,8-10H2,1H3,(H,15,16);1H. The number of carboxylic acid groups (broad SMARTS) is 1. The van der Waals surface area contributed by atoms with E-state index in [1.165, 1.54) is 0 Å². The number of aromatic carboxylic acids is 1. The maximum atomic E-state index is 10.9. The van der Waals surface area contributed by atoms with Crippen LogP contribution in [0.4, 0.5) is 0 Å². The molecule has 0 fully saturated rings. The smallest absolute Gasteiger partial charge is 0.336 e. The van der Waals surface area contributed by atoms with Crippen molar-refractivity contribution in [2.75, 3.05) is 19.8 Å². The summed E-state index contributed by atoms with van der Waals surface area (Å²) >= 11 is 0. The molecule has 0 aliphatic heterocycles. The van der Waals surface area contributed by atoms with Crippen molar-refractivity contribution in [3.63, 3.8) is 0 Å². The largest absolute Gasteiger partial charge is 0.478 e. The van der Waals surface area contributed by atoms with E-state index in [9.17, 15) is 4.79 Å². The topological polar surface area (TPSA) is 58.6 Å². The van der Waals surface area contributed by atoms with Crippen molar-refractivity contribution in [1.29, 1.82) is 0 Å². The Balaban J connectivity index is 0.00000289. The van der Waals surface area contributed by atoms with Crippen molar-refractivity contribution >= 4 is 18.4 Å². The lowest BCUT2D eigenvalue weighted by Gasteiger charge is -2.07. The summed E-state index contributed by atoms with van der Waals surface area (Å²) in [4.78, 5) is 10.9. The highest BCUT2D eigenvalue weighted by atomic mass is 35.5. The second-order valence-corrected chi connectivity index (χ2v) is 3.69. The van der Waals surface area contributed by atoms with E-state index in [2.05, 4.69) is 5.32 Å². The van der Waals surface area contributed by atoms with Crippen molar-refractivity contribution in [2.45, 2.75) is 19.9 Å².